The van der Waals surface area contributed by atoms with Crippen LogP contribution in [0.3, 0.4) is 0 Å². The summed E-state index contributed by atoms with van der Waals surface area (Å²) in [5.41, 5.74) is 2.23. The molecule has 2 aromatic rings. The van der Waals surface area contributed by atoms with Crippen LogP contribution in [0.4, 0.5) is 4.79 Å². The molecule has 0 aliphatic rings. The average Bonchev–Trinajstić information content (AvgIpc) is 2.64. The first-order valence-corrected chi connectivity index (χ1v) is 7.96. The summed E-state index contributed by atoms with van der Waals surface area (Å²) in [6.45, 7) is 1.83. The highest BCUT2D eigenvalue weighted by Gasteiger charge is 2.21. The van der Waals surface area contributed by atoms with Gasteiger partial charge in [-0.2, -0.15) is 0 Å². The smallest absolute Gasteiger partial charge is 0.407 e. The molecular formula is C19H23NO5. The third-order valence-corrected chi connectivity index (χ3v) is 3.83. The number of methoxy groups -OCH3 is 1. The van der Waals surface area contributed by atoms with Crippen LogP contribution in [0.5, 0.6) is 5.75 Å². The predicted octanol–water partition coefficient (Wildman–Crippen LogP) is 2.32. The molecule has 2 atom stereocenters. The van der Waals surface area contributed by atoms with E-state index in [-0.39, 0.29) is 13.2 Å². The molecular weight excluding hydrogens is 322 g/mol. The highest BCUT2D eigenvalue weighted by molar-refractivity contribution is 5.67. The summed E-state index contributed by atoms with van der Waals surface area (Å²) in [6.07, 6.45) is -2.93. The number of rotatable bonds is 7. The van der Waals surface area contributed by atoms with Crippen LogP contribution in [0.1, 0.15) is 22.8 Å². The van der Waals surface area contributed by atoms with E-state index in [1.807, 2.05) is 37.3 Å². The van der Waals surface area contributed by atoms with E-state index in [1.165, 1.54) is 0 Å². The van der Waals surface area contributed by atoms with E-state index in [9.17, 15) is 15.0 Å². The molecule has 0 bridgehead atoms. The molecule has 0 aliphatic carbocycles. The van der Waals surface area contributed by atoms with Gasteiger partial charge in [0.25, 0.3) is 0 Å². The molecule has 0 fully saturated rings. The highest BCUT2D eigenvalue weighted by Crippen LogP contribution is 2.24. The quantitative estimate of drug-likeness (QED) is 0.717. The van der Waals surface area contributed by atoms with Crippen LogP contribution in [0, 0.1) is 6.92 Å². The Balaban J connectivity index is 1.82. The summed E-state index contributed by atoms with van der Waals surface area (Å²) in [5.74, 6) is 0.672. The van der Waals surface area contributed by atoms with Gasteiger partial charge in [-0.1, -0.05) is 36.4 Å². The Labute approximate surface area is 147 Å². The zero-order valence-electron chi connectivity index (χ0n) is 14.3. The van der Waals surface area contributed by atoms with Crippen LogP contribution in [0.2, 0.25) is 0 Å². The number of alkyl carbamates (subject to hydrolysis) is 1. The minimum atomic E-state index is -1.16. The number of aliphatic hydroxyl groups is 2. The first kappa shape index (κ1) is 18.8. The lowest BCUT2D eigenvalue weighted by molar-refractivity contribution is 0.0180. The van der Waals surface area contributed by atoms with Gasteiger partial charge in [-0.3, -0.25) is 0 Å². The molecule has 2 aromatic carbocycles. The molecule has 0 saturated heterocycles. The molecule has 6 nitrogen and oxygen atoms in total. The molecule has 6 heteroatoms. The van der Waals surface area contributed by atoms with E-state index in [0.29, 0.717) is 11.3 Å². The molecule has 134 valence electrons. The highest BCUT2D eigenvalue weighted by atomic mass is 16.5. The number of aliphatic hydroxyl groups excluding tert-OH is 2. The van der Waals surface area contributed by atoms with Crippen molar-refractivity contribution in [2.75, 3.05) is 13.7 Å². The fourth-order valence-electron chi connectivity index (χ4n) is 2.39. The van der Waals surface area contributed by atoms with Gasteiger partial charge >= 0.3 is 6.09 Å². The largest absolute Gasteiger partial charge is 0.497 e. The molecule has 0 aliphatic heterocycles. The van der Waals surface area contributed by atoms with Crippen molar-refractivity contribution in [2.24, 2.45) is 0 Å². The fourth-order valence-corrected chi connectivity index (χ4v) is 2.39. The maximum absolute atomic E-state index is 11.7. The van der Waals surface area contributed by atoms with Gasteiger partial charge in [0.1, 0.15) is 24.6 Å². The van der Waals surface area contributed by atoms with Crippen molar-refractivity contribution in [3.63, 3.8) is 0 Å². The third kappa shape index (κ3) is 5.48. The SMILES string of the molecule is COc1ccc(C(O)C(O)CNC(=O)OCc2ccccc2)c(C)c1. The second-order valence-corrected chi connectivity index (χ2v) is 5.68. The molecule has 0 aromatic heterocycles. The van der Waals surface area contributed by atoms with Crippen LogP contribution < -0.4 is 10.1 Å². The van der Waals surface area contributed by atoms with E-state index in [2.05, 4.69) is 5.32 Å². The van der Waals surface area contributed by atoms with Gasteiger partial charge in [0, 0.05) is 6.54 Å². The number of carbonyl (C=O) groups excluding carboxylic acids is 1. The first-order valence-electron chi connectivity index (χ1n) is 7.96. The second-order valence-electron chi connectivity index (χ2n) is 5.68. The van der Waals surface area contributed by atoms with Crippen LogP contribution in [0.15, 0.2) is 48.5 Å². The minimum absolute atomic E-state index is 0.125. The van der Waals surface area contributed by atoms with Gasteiger partial charge in [0.15, 0.2) is 0 Å². The van der Waals surface area contributed by atoms with Crippen molar-refractivity contribution in [1.82, 2.24) is 5.32 Å². The van der Waals surface area contributed by atoms with Gasteiger partial charge in [0.2, 0.25) is 0 Å². The van der Waals surface area contributed by atoms with Crippen molar-refractivity contribution < 1.29 is 24.5 Å². The van der Waals surface area contributed by atoms with Gasteiger partial charge in [-0.15, -0.1) is 0 Å². The predicted molar refractivity (Wildman–Crippen MR) is 93.3 cm³/mol. The van der Waals surface area contributed by atoms with Crippen LogP contribution in [0.25, 0.3) is 0 Å². The van der Waals surface area contributed by atoms with Gasteiger partial charge in [0.05, 0.1) is 7.11 Å². The molecule has 2 rings (SSSR count). The zero-order valence-corrected chi connectivity index (χ0v) is 14.3. The van der Waals surface area contributed by atoms with Crippen LogP contribution in [-0.2, 0) is 11.3 Å². The number of aryl methyl sites for hydroxylation is 1. The van der Waals surface area contributed by atoms with Crippen molar-refractivity contribution >= 4 is 6.09 Å². The molecule has 0 saturated carbocycles. The lowest BCUT2D eigenvalue weighted by Crippen LogP contribution is -2.36. The Kier molecular flexibility index (Phi) is 6.80. The zero-order chi connectivity index (χ0) is 18.2. The number of hydrogen-bond donors (Lipinski definition) is 3. The summed E-state index contributed by atoms with van der Waals surface area (Å²) in [7, 11) is 1.56. The lowest BCUT2D eigenvalue weighted by atomic mass is 9.99. The molecule has 0 spiro atoms. The van der Waals surface area contributed by atoms with Gasteiger partial charge < -0.3 is 25.0 Å². The summed E-state index contributed by atoms with van der Waals surface area (Å²) in [6, 6.07) is 14.4. The summed E-state index contributed by atoms with van der Waals surface area (Å²) in [4.78, 5) is 11.7. The summed E-state index contributed by atoms with van der Waals surface area (Å²) < 4.78 is 10.2. The number of hydrogen-bond acceptors (Lipinski definition) is 5. The number of nitrogens with one attached hydrogen (secondary N) is 1. The number of carbonyl (C=O) groups is 1. The molecule has 0 radical (unpaired) electrons. The third-order valence-electron chi connectivity index (χ3n) is 3.83. The average molecular weight is 345 g/mol. The molecule has 3 N–H and O–H groups in total. The normalized spacial score (nSPS) is 13.0. The van der Waals surface area contributed by atoms with Crippen LogP contribution >= 0.6 is 0 Å². The number of benzene rings is 2. The number of ether oxygens (including phenoxy) is 2. The minimum Gasteiger partial charge on any atom is -0.497 e. The van der Waals surface area contributed by atoms with E-state index in [4.69, 9.17) is 9.47 Å². The molecule has 25 heavy (non-hydrogen) atoms. The van der Waals surface area contributed by atoms with E-state index >= 15 is 0 Å². The summed E-state index contributed by atoms with van der Waals surface area (Å²) >= 11 is 0. The van der Waals surface area contributed by atoms with Gasteiger partial charge in [-0.25, -0.2) is 4.79 Å². The molecule has 2 unspecified atom stereocenters. The van der Waals surface area contributed by atoms with E-state index in [1.54, 1.807) is 25.3 Å². The van der Waals surface area contributed by atoms with Crippen molar-refractivity contribution in [3.05, 3.63) is 65.2 Å². The van der Waals surface area contributed by atoms with Crippen LogP contribution in [-0.4, -0.2) is 36.1 Å². The fraction of sp³-hybridized carbons (Fsp3) is 0.316. The maximum Gasteiger partial charge on any atom is 0.407 e. The topological polar surface area (TPSA) is 88.0 Å². The van der Waals surface area contributed by atoms with Crippen molar-refractivity contribution in [2.45, 2.75) is 25.7 Å². The Hall–Kier alpha value is -2.57. The Morgan fingerprint density at radius 3 is 2.52 bits per heavy atom. The number of amides is 1. The Morgan fingerprint density at radius 1 is 1.16 bits per heavy atom. The lowest BCUT2D eigenvalue weighted by Gasteiger charge is -2.20. The van der Waals surface area contributed by atoms with Crippen molar-refractivity contribution in [1.29, 1.82) is 0 Å². The Bertz CT molecular complexity index is 689. The second kappa shape index (κ2) is 9.05. The molecule has 1 amide bonds. The van der Waals surface area contributed by atoms with E-state index in [0.717, 1.165) is 11.1 Å². The standard InChI is InChI=1S/C19H23NO5/c1-13-10-15(24-2)8-9-16(13)18(22)17(21)11-20-19(23)25-12-14-6-4-3-5-7-14/h3-10,17-18,21-22H,11-12H2,1-2H3,(H,20,23). The molecule has 0 heterocycles. The maximum atomic E-state index is 11.7. The first-order chi connectivity index (χ1) is 12.0. The Morgan fingerprint density at radius 2 is 1.88 bits per heavy atom. The van der Waals surface area contributed by atoms with Crippen molar-refractivity contribution in [3.8, 4) is 5.75 Å². The van der Waals surface area contributed by atoms with Gasteiger partial charge in [-0.05, 0) is 35.7 Å². The van der Waals surface area contributed by atoms with E-state index < -0.39 is 18.3 Å². The summed E-state index contributed by atoms with van der Waals surface area (Å²) in [5, 5.41) is 22.8. The monoisotopic (exact) mass is 345 g/mol.